The molecule has 2 aromatic rings. The maximum Gasteiger partial charge on any atom is 0.123 e. The summed E-state index contributed by atoms with van der Waals surface area (Å²) in [4.78, 5) is 2.25. The average Bonchev–Trinajstić information content (AvgIpc) is 2.50. The third kappa shape index (κ3) is 4.05. The Hall–Kier alpha value is -1.87. The van der Waals surface area contributed by atoms with Crippen LogP contribution in [0.5, 0.6) is 0 Å². The number of anilines is 1. The SMILES string of the molecule is CCN(CCC(O)c1ccc(F)cc1)c1ccccc1C. The van der Waals surface area contributed by atoms with Crippen molar-refractivity contribution >= 4 is 5.69 Å². The van der Waals surface area contributed by atoms with Crippen LogP contribution in [0.2, 0.25) is 0 Å². The van der Waals surface area contributed by atoms with Gasteiger partial charge in [0.1, 0.15) is 5.82 Å². The highest BCUT2D eigenvalue weighted by molar-refractivity contribution is 5.52. The van der Waals surface area contributed by atoms with Crippen LogP contribution in [0.1, 0.15) is 30.6 Å². The molecule has 2 nitrogen and oxygen atoms in total. The van der Waals surface area contributed by atoms with Crippen molar-refractivity contribution in [2.24, 2.45) is 0 Å². The van der Waals surface area contributed by atoms with E-state index < -0.39 is 6.10 Å². The van der Waals surface area contributed by atoms with Crippen LogP contribution < -0.4 is 4.90 Å². The fourth-order valence-electron chi connectivity index (χ4n) is 2.50. The second-order valence-electron chi connectivity index (χ2n) is 5.22. The van der Waals surface area contributed by atoms with Crippen LogP contribution in [0, 0.1) is 12.7 Å². The van der Waals surface area contributed by atoms with Crippen LogP contribution in [-0.4, -0.2) is 18.2 Å². The Bertz CT molecular complexity index is 568. The van der Waals surface area contributed by atoms with Crippen LogP contribution in [0.3, 0.4) is 0 Å². The molecule has 0 saturated heterocycles. The molecule has 0 aliphatic carbocycles. The Labute approximate surface area is 125 Å². The summed E-state index contributed by atoms with van der Waals surface area (Å²) in [6.07, 6.45) is 0.0528. The first-order chi connectivity index (χ1) is 10.1. The number of benzene rings is 2. The molecule has 0 radical (unpaired) electrons. The molecule has 0 spiro atoms. The molecule has 0 amide bonds. The van der Waals surface area contributed by atoms with Crippen LogP contribution in [0.15, 0.2) is 48.5 Å². The Morgan fingerprint density at radius 3 is 2.38 bits per heavy atom. The van der Waals surface area contributed by atoms with E-state index in [4.69, 9.17) is 0 Å². The van der Waals surface area contributed by atoms with Crippen molar-refractivity contribution in [2.45, 2.75) is 26.4 Å². The Morgan fingerprint density at radius 1 is 1.10 bits per heavy atom. The molecule has 1 unspecified atom stereocenters. The predicted molar refractivity (Wildman–Crippen MR) is 85.0 cm³/mol. The lowest BCUT2D eigenvalue weighted by molar-refractivity contribution is 0.169. The molecule has 2 rings (SSSR count). The fourth-order valence-corrected chi connectivity index (χ4v) is 2.50. The van der Waals surface area contributed by atoms with E-state index in [1.54, 1.807) is 12.1 Å². The van der Waals surface area contributed by atoms with E-state index >= 15 is 0 Å². The maximum atomic E-state index is 12.9. The molecule has 0 bridgehead atoms. The van der Waals surface area contributed by atoms with Gasteiger partial charge in [0.2, 0.25) is 0 Å². The fraction of sp³-hybridized carbons (Fsp3) is 0.333. The van der Waals surface area contributed by atoms with Crippen LogP contribution in [0.4, 0.5) is 10.1 Å². The smallest absolute Gasteiger partial charge is 0.123 e. The molecule has 0 saturated carbocycles. The first-order valence-electron chi connectivity index (χ1n) is 7.36. The van der Waals surface area contributed by atoms with E-state index in [9.17, 15) is 9.50 Å². The minimum atomic E-state index is -0.566. The molecular formula is C18H22FNO. The second kappa shape index (κ2) is 7.23. The number of hydrogen-bond acceptors (Lipinski definition) is 2. The maximum absolute atomic E-state index is 12.9. The van der Waals surface area contributed by atoms with Gasteiger partial charge in [-0.05, 0) is 49.6 Å². The van der Waals surface area contributed by atoms with E-state index in [1.807, 2.05) is 12.1 Å². The molecule has 1 N–H and O–H groups in total. The van der Waals surface area contributed by atoms with Gasteiger partial charge in [-0.25, -0.2) is 4.39 Å². The topological polar surface area (TPSA) is 23.5 Å². The first kappa shape index (κ1) is 15.5. The van der Waals surface area contributed by atoms with Gasteiger partial charge in [-0.15, -0.1) is 0 Å². The zero-order valence-corrected chi connectivity index (χ0v) is 12.6. The summed E-state index contributed by atoms with van der Waals surface area (Å²) in [5, 5.41) is 10.2. The summed E-state index contributed by atoms with van der Waals surface area (Å²) >= 11 is 0. The average molecular weight is 287 g/mol. The lowest BCUT2D eigenvalue weighted by atomic mass is 10.1. The monoisotopic (exact) mass is 287 g/mol. The molecule has 0 aromatic heterocycles. The third-order valence-electron chi connectivity index (χ3n) is 3.77. The number of halogens is 1. The Morgan fingerprint density at radius 2 is 1.76 bits per heavy atom. The van der Waals surface area contributed by atoms with E-state index in [1.165, 1.54) is 23.4 Å². The molecule has 2 aromatic carbocycles. The van der Waals surface area contributed by atoms with Gasteiger partial charge in [0.05, 0.1) is 6.10 Å². The predicted octanol–water partition coefficient (Wildman–Crippen LogP) is 4.08. The van der Waals surface area contributed by atoms with E-state index in [0.717, 1.165) is 18.7 Å². The van der Waals surface area contributed by atoms with Gasteiger partial charge in [-0.2, -0.15) is 0 Å². The van der Waals surface area contributed by atoms with E-state index in [0.29, 0.717) is 6.42 Å². The number of rotatable bonds is 6. The number of nitrogens with zero attached hydrogens (tertiary/aromatic N) is 1. The van der Waals surface area contributed by atoms with Gasteiger partial charge in [0.15, 0.2) is 0 Å². The summed E-state index contributed by atoms with van der Waals surface area (Å²) in [5.74, 6) is -0.277. The summed E-state index contributed by atoms with van der Waals surface area (Å²) in [6.45, 7) is 5.85. The molecule has 0 aliphatic rings. The Balaban J connectivity index is 2.00. The lowest BCUT2D eigenvalue weighted by Crippen LogP contribution is -2.26. The van der Waals surface area contributed by atoms with Gasteiger partial charge >= 0.3 is 0 Å². The minimum absolute atomic E-state index is 0.277. The van der Waals surface area contributed by atoms with Gasteiger partial charge in [-0.1, -0.05) is 30.3 Å². The van der Waals surface area contributed by atoms with Crippen molar-refractivity contribution < 1.29 is 9.50 Å². The van der Waals surface area contributed by atoms with Crippen molar-refractivity contribution in [3.8, 4) is 0 Å². The van der Waals surface area contributed by atoms with Crippen molar-refractivity contribution in [1.82, 2.24) is 0 Å². The summed E-state index contributed by atoms with van der Waals surface area (Å²) < 4.78 is 12.9. The summed E-state index contributed by atoms with van der Waals surface area (Å²) in [7, 11) is 0. The molecule has 0 aliphatic heterocycles. The molecule has 0 fully saturated rings. The highest BCUT2D eigenvalue weighted by Gasteiger charge is 2.12. The number of hydrogen-bond donors (Lipinski definition) is 1. The minimum Gasteiger partial charge on any atom is -0.388 e. The van der Waals surface area contributed by atoms with Crippen LogP contribution in [0.25, 0.3) is 0 Å². The number of aryl methyl sites for hydroxylation is 1. The van der Waals surface area contributed by atoms with Gasteiger partial charge < -0.3 is 10.0 Å². The van der Waals surface area contributed by atoms with Crippen LogP contribution >= 0.6 is 0 Å². The zero-order chi connectivity index (χ0) is 15.2. The molecule has 3 heteroatoms. The highest BCUT2D eigenvalue weighted by atomic mass is 19.1. The molecule has 112 valence electrons. The Kier molecular flexibility index (Phi) is 5.34. The van der Waals surface area contributed by atoms with Crippen molar-refractivity contribution in [3.05, 3.63) is 65.5 Å². The molecular weight excluding hydrogens is 265 g/mol. The van der Waals surface area contributed by atoms with Crippen LogP contribution in [-0.2, 0) is 0 Å². The standard InChI is InChI=1S/C18H22FNO/c1-3-20(17-7-5-4-6-14(17)2)13-12-18(21)15-8-10-16(19)11-9-15/h4-11,18,21H,3,12-13H2,1-2H3. The lowest BCUT2D eigenvalue weighted by Gasteiger charge is -2.26. The van der Waals surface area contributed by atoms with Crippen molar-refractivity contribution in [3.63, 3.8) is 0 Å². The molecule has 0 heterocycles. The summed E-state index contributed by atoms with van der Waals surface area (Å²) in [6, 6.07) is 14.3. The number of aliphatic hydroxyl groups excluding tert-OH is 1. The molecule has 21 heavy (non-hydrogen) atoms. The largest absolute Gasteiger partial charge is 0.388 e. The third-order valence-corrected chi connectivity index (χ3v) is 3.77. The van der Waals surface area contributed by atoms with E-state index in [2.05, 4.69) is 30.9 Å². The highest BCUT2D eigenvalue weighted by Crippen LogP contribution is 2.22. The van der Waals surface area contributed by atoms with Crippen molar-refractivity contribution in [2.75, 3.05) is 18.0 Å². The second-order valence-corrected chi connectivity index (χ2v) is 5.22. The normalized spacial score (nSPS) is 12.2. The van der Waals surface area contributed by atoms with Gasteiger partial charge in [-0.3, -0.25) is 0 Å². The number of para-hydroxylation sites is 1. The van der Waals surface area contributed by atoms with Gasteiger partial charge in [0, 0.05) is 18.8 Å². The van der Waals surface area contributed by atoms with E-state index in [-0.39, 0.29) is 5.82 Å². The summed E-state index contributed by atoms with van der Waals surface area (Å²) in [5.41, 5.74) is 3.19. The first-order valence-corrected chi connectivity index (χ1v) is 7.36. The zero-order valence-electron chi connectivity index (χ0n) is 12.6. The quantitative estimate of drug-likeness (QED) is 0.865. The van der Waals surface area contributed by atoms with Crippen molar-refractivity contribution in [1.29, 1.82) is 0 Å². The molecule has 1 atom stereocenters. The van der Waals surface area contributed by atoms with Gasteiger partial charge in [0.25, 0.3) is 0 Å². The number of aliphatic hydroxyl groups is 1.